The van der Waals surface area contributed by atoms with Gasteiger partial charge in [0, 0.05) is 19.2 Å². The molecule has 1 aromatic rings. The predicted molar refractivity (Wildman–Crippen MR) is 69.3 cm³/mol. The van der Waals surface area contributed by atoms with E-state index in [1.54, 1.807) is 0 Å². The van der Waals surface area contributed by atoms with Gasteiger partial charge in [0.1, 0.15) is 16.5 Å². The fraction of sp³-hybridized carbons (Fsp3) is 0.400. The normalized spacial score (nSPS) is 15.2. The van der Waals surface area contributed by atoms with E-state index < -0.39 is 26.4 Å². The molecule has 104 valence electrons. The Balaban J connectivity index is 0.00000144. The summed E-state index contributed by atoms with van der Waals surface area (Å²) in [5.74, 6) is -1.87. The average Bonchev–Trinajstić information content (AvgIpc) is 2.11. The second kappa shape index (κ2) is 6.65. The highest BCUT2D eigenvalue weighted by Gasteiger charge is 2.27. The van der Waals surface area contributed by atoms with Crippen molar-refractivity contribution in [3.63, 3.8) is 0 Å². The lowest BCUT2D eigenvalue weighted by atomic mass is 10.1. The first-order chi connectivity index (χ1) is 7.49. The molecule has 1 aromatic carbocycles. The average molecular weight is 320 g/mol. The summed E-state index contributed by atoms with van der Waals surface area (Å²) < 4.78 is 49.5. The summed E-state index contributed by atoms with van der Waals surface area (Å²) in [4.78, 5) is -0.416. The van der Waals surface area contributed by atoms with Crippen molar-refractivity contribution in [2.75, 3.05) is 18.8 Å². The van der Waals surface area contributed by atoms with Crippen LogP contribution < -0.4 is 5.32 Å². The number of rotatable bonds is 3. The lowest BCUT2D eigenvalue weighted by molar-refractivity contribution is 0.378. The minimum atomic E-state index is -3.65. The molecule has 0 saturated carbocycles. The number of hydrogen-bond donors (Lipinski definition) is 1. The lowest BCUT2D eigenvalue weighted by Gasteiger charge is -2.26. The first-order valence-electron chi connectivity index (χ1n) is 4.87. The third-order valence-corrected chi connectivity index (χ3v) is 4.46. The molecule has 0 aromatic heterocycles. The Morgan fingerprint density at radius 3 is 2.28 bits per heavy atom. The molecular weight excluding hydrogens is 307 g/mol. The van der Waals surface area contributed by atoms with Gasteiger partial charge in [-0.05, 0) is 18.1 Å². The summed E-state index contributed by atoms with van der Waals surface area (Å²) in [5, 5.41) is 2.94. The number of halogens is 4. The van der Waals surface area contributed by atoms with Crippen LogP contribution in [-0.4, -0.2) is 27.3 Å². The van der Waals surface area contributed by atoms with Gasteiger partial charge in [0.15, 0.2) is 9.84 Å². The number of nitrogens with one attached hydrogen (secondary N) is 1. The van der Waals surface area contributed by atoms with E-state index in [9.17, 15) is 17.2 Å². The van der Waals surface area contributed by atoms with Gasteiger partial charge in [0.25, 0.3) is 0 Å². The van der Waals surface area contributed by atoms with E-state index in [2.05, 4.69) is 5.32 Å². The largest absolute Gasteiger partial charge is 0.316 e. The van der Waals surface area contributed by atoms with E-state index >= 15 is 0 Å². The summed E-state index contributed by atoms with van der Waals surface area (Å²) in [7, 11) is -3.65. The van der Waals surface area contributed by atoms with Crippen molar-refractivity contribution in [2.24, 2.45) is 5.92 Å². The number of benzene rings is 1. The highest BCUT2D eigenvalue weighted by Crippen LogP contribution is 2.20. The third kappa shape index (κ3) is 3.78. The maximum Gasteiger partial charge on any atom is 0.181 e. The first kappa shape index (κ1) is 17.6. The molecule has 1 fully saturated rings. The summed E-state index contributed by atoms with van der Waals surface area (Å²) in [5.41, 5.74) is 0. The molecule has 0 radical (unpaired) electrons. The van der Waals surface area contributed by atoms with E-state index in [0.717, 1.165) is 12.1 Å². The zero-order chi connectivity index (χ0) is 11.8. The van der Waals surface area contributed by atoms with Crippen molar-refractivity contribution >= 4 is 34.7 Å². The van der Waals surface area contributed by atoms with Crippen LogP contribution in [0, 0.1) is 17.6 Å². The van der Waals surface area contributed by atoms with Crippen molar-refractivity contribution in [1.29, 1.82) is 0 Å². The fourth-order valence-electron chi connectivity index (χ4n) is 1.59. The second-order valence-corrected chi connectivity index (χ2v) is 5.88. The van der Waals surface area contributed by atoms with Gasteiger partial charge in [0.05, 0.1) is 5.75 Å². The molecule has 1 aliphatic heterocycles. The van der Waals surface area contributed by atoms with Gasteiger partial charge in [-0.2, -0.15) is 0 Å². The van der Waals surface area contributed by atoms with Crippen LogP contribution in [0.25, 0.3) is 0 Å². The fourth-order valence-corrected chi connectivity index (χ4v) is 3.26. The molecule has 0 unspecified atom stereocenters. The Labute approximate surface area is 117 Å². The molecule has 0 bridgehead atoms. The van der Waals surface area contributed by atoms with Crippen LogP contribution in [0.4, 0.5) is 8.78 Å². The minimum absolute atomic E-state index is 0. The van der Waals surface area contributed by atoms with Crippen molar-refractivity contribution in [1.82, 2.24) is 5.32 Å². The van der Waals surface area contributed by atoms with Crippen LogP contribution in [0.3, 0.4) is 0 Å². The van der Waals surface area contributed by atoms with Crippen LogP contribution in [0.15, 0.2) is 23.1 Å². The Morgan fingerprint density at radius 1 is 1.22 bits per heavy atom. The first-order valence-corrected chi connectivity index (χ1v) is 6.53. The van der Waals surface area contributed by atoms with Crippen LogP contribution >= 0.6 is 24.8 Å². The summed E-state index contributed by atoms with van der Waals surface area (Å²) >= 11 is 0. The van der Waals surface area contributed by atoms with E-state index in [0.29, 0.717) is 19.2 Å². The highest BCUT2D eigenvalue weighted by atomic mass is 35.5. The molecule has 1 aliphatic rings. The third-order valence-electron chi connectivity index (χ3n) is 2.55. The second-order valence-electron chi connectivity index (χ2n) is 3.88. The molecular formula is C10H13Cl2F2NO2S. The summed E-state index contributed by atoms with van der Waals surface area (Å²) in [6.45, 7) is 1.25. The standard InChI is InChI=1S/C10H11F2NO2S.2ClH/c11-8-1-2-10(9(12)3-8)16(14,15)6-7-4-13-5-7;;/h1-3,7,13H,4-6H2;2*1H. The van der Waals surface area contributed by atoms with Gasteiger partial charge >= 0.3 is 0 Å². The Morgan fingerprint density at radius 2 is 1.83 bits per heavy atom. The number of sulfone groups is 1. The van der Waals surface area contributed by atoms with E-state index in [4.69, 9.17) is 0 Å². The predicted octanol–water partition coefficient (Wildman–Crippen LogP) is 1.80. The van der Waals surface area contributed by atoms with Crippen LogP contribution in [0.2, 0.25) is 0 Å². The van der Waals surface area contributed by atoms with Gasteiger partial charge in [-0.3, -0.25) is 0 Å². The van der Waals surface area contributed by atoms with Crippen LogP contribution in [-0.2, 0) is 9.84 Å². The zero-order valence-corrected chi connectivity index (χ0v) is 11.7. The zero-order valence-electron chi connectivity index (χ0n) is 9.23. The van der Waals surface area contributed by atoms with E-state index in [1.807, 2.05) is 0 Å². The molecule has 2 rings (SSSR count). The molecule has 18 heavy (non-hydrogen) atoms. The van der Waals surface area contributed by atoms with Gasteiger partial charge in [-0.1, -0.05) is 0 Å². The minimum Gasteiger partial charge on any atom is -0.316 e. The molecule has 0 spiro atoms. The number of hydrogen-bond acceptors (Lipinski definition) is 3. The Kier molecular flexibility index (Phi) is 6.50. The van der Waals surface area contributed by atoms with Crippen molar-refractivity contribution in [2.45, 2.75) is 4.90 Å². The van der Waals surface area contributed by atoms with Gasteiger partial charge in [0.2, 0.25) is 0 Å². The van der Waals surface area contributed by atoms with E-state index in [-0.39, 0.29) is 36.5 Å². The molecule has 8 heteroatoms. The Bertz CT molecular complexity index is 507. The molecule has 1 N–H and O–H groups in total. The summed E-state index contributed by atoms with van der Waals surface area (Å²) in [6, 6.07) is 2.52. The molecule has 1 heterocycles. The maximum atomic E-state index is 13.3. The Hall–Kier alpha value is -0.430. The molecule has 0 atom stereocenters. The molecule has 0 amide bonds. The topological polar surface area (TPSA) is 46.2 Å². The van der Waals surface area contributed by atoms with Crippen LogP contribution in [0.5, 0.6) is 0 Å². The van der Waals surface area contributed by atoms with Gasteiger partial charge < -0.3 is 5.32 Å². The summed E-state index contributed by atoms with van der Waals surface area (Å²) in [6.07, 6.45) is 0. The maximum absolute atomic E-state index is 13.3. The quantitative estimate of drug-likeness (QED) is 0.864. The van der Waals surface area contributed by atoms with Crippen molar-refractivity contribution in [3.8, 4) is 0 Å². The highest BCUT2D eigenvalue weighted by molar-refractivity contribution is 7.91. The smallest absolute Gasteiger partial charge is 0.181 e. The lowest BCUT2D eigenvalue weighted by Crippen LogP contribution is -2.45. The monoisotopic (exact) mass is 319 g/mol. The van der Waals surface area contributed by atoms with Crippen molar-refractivity contribution in [3.05, 3.63) is 29.8 Å². The SMILES string of the molecule is Cl.Cl.O=S(=O)(CC1CNC1)c1ccc(F)cc1F. The van der Waals surface area contributed by atoms with Gasteiger partial charge in [-0.15, -0.1) is 24.8 Å². The molecule has 1 saturated heterocycles. The van der Waals surface area contributed by atoms with Crippen LogP contribution in [0.1, 0.15) is 0 Å². The molecule has 3 nitrogen and oxygen atoms in total. The van der Waals surface area contributed by atoms with E-state index in [1.165, 1.54) is 0 Å². The van der Waals surface area contributed by atoms with Gasteiger partial charge in [-0.25, -0.2) is 17.2 Å². The molecule has 0 aliphatic carbocycles. The van der Waals surface area contributed by atoms with Crippen molar-refractivity contribution < 1.29 is 17.2 Å².